The Morgan fingerprint density at radius 3 is 1.87 bits per heavy atom. The number of carbonyl (C=O) groups excluding carboxylic acids is 2. The van der Waals surface area contributed by atoms with E-state index in [0.29, 0.717) is 0 Å². The van der Waals surface area contributed by atoms with Gasteiger partial charge in [0.25, 0.3) is 11.8 Å². The predicted molar refractivity (Wildman–Crippen MR) is 49.0 cm³/mol. The molecular formula is C7H11N2O5S+. The van der Waals surface area contributed by atoms with Crippen LogP contribution in [0, 0.1) is 0 Å². The topological polar surface area (TPSA) is 80.8 Å². The quantitative estimate of drug-likeness (QED) is 0.453. The summed E-state index contributed by atoms with van der Waals surface area (Å²) >= 11 is 0. The van der Waals surface area contributed by atoms with Gasteiger partial charge in [-0.3, -0.25) is 9.59 Å². The molecule has 0 radical (unpaired) electrons. The van der Waals surface area contributed by atoms with Gasteiger partial charge in [0.15, 0.2) is 0 Å². The van der Waals surface area contributed by atoms with Crippen LogP contribution < -0.4 is 0 Å². The summed E-state index contributed by atoms with van der Waals surface area (Å²) in [6.07, 6.45) is 1.88. The van der Waals surface area contributed by atoms with Gasteiger partial charge in [0, 0.05) is 12.2 Å². The lowest BCUT2D eigenvalue weighted by Gasteiger charge is -2.23. The maximum atomic E-state index is 11.5. The lowest BCUT2D eigenvalue weighted by atomic mass is 10.6. The molecule has 1 rings (SSSR count). The Hall–Kier alpha value is -1.25. The Kier molecular flexibility index (Phi) is 2.68. The van der Waals surface area contributed by atoms with Gasteiger partial charge in [-0.2, -0.15) is 3.89 Å². The zero-order valence-corrected chi connectivity index (χ0v) is 9.32. The Labute approximate surface area is 87.3 Å². The summed E-state index contributed by atoms with van der Waals surface area (Å²) in [5.41, 5.74) is 0. The van der Waals surface area contributed by atoms with E-state index in [4.69, 9.17) is 0 Å². The van der Waals surface area contributed by atoms with E-state index in [0.717, 1.165) is 12.2 Å². The van der Waals surface area contributed by atoms with Crippen LogP contribution in [-0.4, -0.2) is 50.3 Å². The highest BCUT2D eigenvalue weighted by molar-refractivity contribution is 7.81. The molecule has 0 N–H and O–H groups in total. The van der Waals surface area contributed by atoms with Crippen molar-refractivity contribution < 1.29 is 26.2 Å². The third-order valence-corrected chi connectivity index (χ3v) is 3.29. The van der Waals surface area contributed by atoms with Gasteiger partial charge in [-0.15, -0.1) is 13.5 Å². The van der Waals surface area contributed by atoms with Crippen LogP contribution in [0.4, 0.5) is 0 Å². The molecule has 0 aromatic heterocycles. The van der Waals surface area contributed by atoms with Gasteiger partial charge in [-0.1, -0.05) is 4.28 Å². The molecule has 1 heterocycles. The van der Waals surface area contributed by atoms with Crippen molar-refractivity contribution in [3.05, 3.63) is 12.2 Å². The fourth-order valence-electron chi connectivity index (χ4n) is 0.654. The van der Waals surface area contributed by atoms with Crippen molar-refractivity contribution >= 4 is 22.1 Å². The number of hydrogen-bond acceptors (Lipinski definition) is 5. The summed E-state index contributed by atoms with van der Waals surface area (Å²) in [5, 5.41) is 0.207. The van der Waals surface area contributed by atoms with Crippen molar-refractivity contribution in [1.82, 2.24) is 5.06 Å². The van der Waals surface area contributed by atoms with Crippen molar-refractivity contribution in [2.24, 2.45) is 0 Å². The maximum Gasteiger partial charge on any atom is 0.456 e. The minimum absolute atomic E-state index is 0.207. The number of carbonyl (C=O) groups is 2. The molecule has 0 bridgehead atoms. The molecule has 0 fully saturated rings. The predicted octanol–water partition coefficient (Wildman–Crippen LogP) is -1.21. The van der Waals surface area contributed by atoms with Crippen molar-refractivity contribution in [3.63, 3.8) is 0 Å². The van der Waals surface area contributed by atoms with Crippen LogP contribution >= 0.6 is 0 Å². The van der Waals surface area contributed by atoms with E-state index in [1.54, 1.807) is 0 Å². The van der Waals surface area contributed by atoms with Gasteiger partial charge in [-0.25, -0.2) is 0 Å². The van der Waals surface area contributed by atoms with Crippen LogP contribution in [0.15, 0.2) is 12.2 Å². The molecule has 0 saturated heterocycles. The number of amides is 2. The van der Waals surface area contributed by atoms with E-state index in [-0.39, 0.29) is 5.06 Å². The van der Waals surface area contributed by atoms with Crippen LogP contribution in [-0.2, 0) is 24.2 Å². The average Bonchev–Trinajstić information content (AvgIpc) is 2.33. The maximum absolute atomic E-state index is 11.5. The fraction of sp³-hybridized carbons (Fsp3) is 0.429. The molecule has 7 nitrogen and oxygen atoms in total. The molecule has 2 amide bonds. The summed E-state index contributed by atoms with van der Waals surface area (Å²) in [6.45, 7) is 0. The number of quaternary nitrogens is 1. The van der Waals surface area contributed by atoms with Gasteiger partial charge in [-0.05, 0) is 0 Å². The molecule has 1 aliphatic rings. The van der Waals surface area contributed by atoms with Crippen molar-refractivity contribution in [3.8, 4) is 0 Å². The second-order valence-corrected chi connectivity index (χ2v) is 5.80. The summed E-state index contributed by atoms with van der Waals surface area (Å²) in [4.78, 5) is 22.0. The molecule has 15 heavy (non-hydrogen) atoms. The van der Waals surface area contributed by atoms with Crippen LogP contribution in [0.25, 0.3) is 0 Å². The number of hydroxylamine groups is 2. The molecule has 0 saturated carbocycles. The van der Waals surface area contributed by atoms with E-state index in [1.165, 1.54) is 21.1 Å². The molecule has 0 spiro atoms. The Balaban J connectivity index is 2.89. The zero-order chi connectivity index (χ0) is 11.9. The molecular weight excluding hydrogens is 224 g/mol. The number of hydrogen-bond donors (Lipinski definition) is 0. The normalized spacial score (nSPS) is 17.7. The third kappa shape index (κ3) is 2.22. The summed E-state index contributed by atoms with van der Waals surface area (Å²) in [7, 11) is -0.0421. The summed E-state index contributed by atoms with van der Waals surface area (Å²) < 4.78 is 26.8. The molecule has 0 aliphatic carbocycles. The monoisotopic (exact) mass is 235 g/mol. The van der Waals surface area contributed by atoms with Crippen molar-refractivity contribution in [2.75, 3.05) is 21.1 Å². The lowest BCUT2D eigenvalue weighted by Crippen LogP contribution is -2.46. The van der Waals surface area contributed by atoms with E-state index < -0.39 is 26.0 Å². The van der Waals surface area contributed by atoms with Gasteiger partial charge in [0.2, 0.25) is 0 Å². The van der Waals surface area contributed by atoms with Crippen LogP contribution in [0.1, 0.15) is 0 Å². The minimum atomic E-state index is -4.07. The first-order chi connectivity index (χ1) is 6.65. The van der Waals surface area contributed by atoms with Crippen molar-refractivity contribution in [1.29, 1.82) is 0 Å². The highest BCUT2D eigenvalue weighted by atomic mass is 32.2. The first-order valence-electron chi connectivity index (χ1n) is 3.97. The standard InChI is InChI=1S/C7H11N2O5S/c1-9(2,3)15(12,13)14-8-6(10)4-5-7(8)11/h4-5H,1-3H3/q+1. The van der Waals surface area contributed by atoms with E-state index in [9.17, 15) is 18.0 Å². The number of imide groups is 1. The SMILES string of the molecule is C[N+](C)(C)S(=O)(=O)ON1C(=O)C=CC1=O. The van der Waals surface area contributed by atoms with E-state index in [1.807, 2.05) is 0 Å². The molecule has 84 valence electrons. The van der Waals surface area contributed by atoms with Gasteiger partial charge in [0.1, 0.15) is 0 Å². The Bertz CT molecular complexity index is 413. The second-order valence-electron chi connectivity index (χ2n) is 3.70. The third-order valence-electron chi connectivity index (χ3n) is 1.61. The lowest BCUT2D eigenvalue weighted by molar-refractivity contribution is -0.745. The molecule has 1 aliphatic heterocycles. The first-order valence-corrected chi connectivity index (χ1v) is 5.34. The number of nitrogens with zero attached hydrogens (tertiary/aromatic N) is 2. The minimum Gasteiger partial charge on any atom is -0.267 e. The smallest absolute Gasteiger partial charge is 0.267 e. The largest absolute Gasteiger partial charge is 0.456 e. The molecule has 0 atom stereocenters. The molecule has 8 heteroatoms. The van der Waals surface area contributed by atoms with E-state index in [2.05, 4.69) is 4.28 Å². The van der Waals surface area contributed by atoms with Crippen LogP contribution in [0.5, 0.6) is 0 Å². The van der Waals surface area contributed by atoms with E-state index >= 15 is 0 Å². The highest BCUT2D eigenvalue weighted by Gasteiger charge is 2.38. The van der Waals surface area contributed by atoms with Crippen molar-refractivity contribution in [2.45, 2.75) is 0 Å². The van der Waals surface area contributed by atoms with Crippen LogP contribution in [0.3, 0.4) is 0 Å². The van der Waals surface area contributed by atoms with Gasteiger partial charge < -0.3 is 0 Å². The second kappa shape index (κ2) is 3.40. The number of rotatable bonds is 3. The fourth-order valence-corrected chi connectivity index (χ4v) is 1.19. The molecule has 0 unspecified atom stereocenters. The molecule has 0 aromatic carbocycles. The summed E-state index contributed by atoms with van der Waals surface area (Å²) in [5.74, 6) is -1.62. The Morgan fingerprint density at radius 1 is 1.13 bits per heavy atom. The summed E-state index contributed by atoms with van der Waals surface area (Å²) in [6, 6.07) is 0. The highest BCUT2D eigenvalue weighted by Crippen LogP contribution is 2.13. The van der Waals surface area contributed by atoms with Crippen LogP contribution in [0.2, 0.25) is 0 Å². The first kappa shape index (κ1) is 11.8. The van der Waals surface area contributed by atoms with Gasteiger partial charge in [0.05, 0.1) is 21.1 Å². The Morgan fingerprint density at radius 2 is 1.53 bits per heavy atom. The van der Waals surface area contributed by atoms with Gasteiger partial charge >= 0.3 is 10.3 Å². The molecule has 0 aromatic rings. The zero-order valence-electron chi connectivity index (χ0n) is 8.50. The average molecular weight is 235 g/mol.